The van der Waals surface area contributed by atoms with E-state index >= 15 is 0 Å². The Hall–Kier alpha value is -3.43. The summed E-state index contributed by atoms with van der Waals surface area (Å²) in [5, 5.41) is 12.9. The molecule has 0 aromatic heterocycles. The molecule has 9 heteroatoms. The largest absolute Gasteiger partial charge is 0.385 e. The van der Waals surface area contributed by atoms with Gasteiger partial charge < -0.3 is 21.7 Å². The Bertz CT molecular complexity index is 906. The van der Waals surface area contributed by atoms with Crippen molar-refractivity contribution in [1.82, 2.24) is 21.5 Å². The van der Waals surface area contributed by atoms with Gasteiger partial charge in [-0.25, -0.2) is 11.4 Å². The number of amidine groups is 1. The lowest BCUT2D eigenvalue weighted by Gasteiger charge is -2.38. The Labute approximate surface area is 202 Å². The van der Waals surface area contributed by atoms with E-state index in [0.717, 1.165) is 17.7 Å². The van der Waals surface area contributed by atoms with Gasteiger partial charge in [0.05, 0.1) is 5.41 Å². The lowest BCUT2D eigenvalue weighted by Crippen LogP contribution is -2.48. The number of carbonyl (C=O) groups is 2. The molecule has 9 nitrogen and oxygen atoms in total. The molecule has 0 aliphatic rings. The highest BCUT2D eigenvalue weighted by atomic mass is 16.2. The van der Waals surface area contributed by atoms with Crippen LogP contribution in [-0.2, 0) is 10.2 Å². The molecule has 0 radical (unpaired) electrons. The fourth-order valence-corrected chi connectivity index (χ4v) is 3.98. The highest BCUT2D eigenvalue weighted by molar-refractivity contribution is 5.97. The van der Waals surface area contributed by atoms with Crippen LogP contribution in [0.4, 0.5) is 0 Å². The van der Waals surface area contributed by atoms with E-state index in [1.165, 1.54) is 0 Å². The van der Waals surface area contributed by atoms with Gasteiger partial charge in [0.1, 0.15) is 5.84 Å². The van der Waals surface area contributed by atoms with Crippen LogP contribution in [0.1, 0.15) is 49.0 Å². The summed E-state index contributed by atoms with van der Waals surface area (Å²) in [6.07, 6.45) is 8.70. The number of amides is 2. The van der Waals surface area contributed by atoms with Crippen LogP contribution in [-0.4, -0.2) is 44.3 Å². The van der Waals surface area contributed by atoms with Gasteiger partial charge >= 0.3 is 0 Å². The number of rotatable bonds is 14. The molecule has 0 bridgehead atoms. The van der Waals surface area contributed by atoms with Crippen LogP contribution in [0.3, 0.4) is 0 Å². The van der Waals surface area contributed by atoms with Gasteiger partial charge in [-0.1, -0.05) is 49.9 Å². The van der Waals surface area contributed by atoms with E-state index in [9.17, 15) is 9.59 Å². The molecular formula is C25H39N7O2. The van der Waals surface area contributed by atoms with Crippen LogP contribution >= 0.6 is 0 Å². The molecule has 0 heterocycles. The van der Waals surface area contributed by atoms with Crippen molar-refractivity contribution >= 4 is 17.6 Å². The maximum atomic E-state index is 12.1. The Morgan fingerprint density at radius 3 is 2.32 bits per heavy atom. The Kier molecular flexibility index (Phi) is 12.3. The molecule has 186 valence electrons. The molecule has 2 amide bonds. The van der Waals surface area contributed by atoms with Gasteiger partial charge in [-0.15, -0.1) is 0 Å². The molecule has 2 unspecified atom stereocenters. The number of allylic oxidation sites excluding steroid dienone is 3. The molecule has 1 aromatic carbocycles. The average molecular weight is 470 g/mol. The van der Waals surface area contributed by atoms with Crippen LogP contribution in [0, 0.1) is 0 Å². The molecule has 1 rings (SSSR count). The number of nitrogens with one attached hydrogen (secondary N) is 4. The van der Waals surface area contributed by atoms with Crippen LogP contribution in [0.15, 0.2) is 65.8 Å². The molecule has 34 heavy (non-hydrogen) atoms. The Morgan fingerprint density at radius 1 is 1.15 bits per heavy atom. The highest BCUT2D eigenvalue weighted by Crippen LogP contribution is 2.40. The van der Waals surface area contributed by atoms with Crippen molar-refractivity contribution in [2.45, 2.75) is 44.6 Å². The van der Waals surface area contributed by atoms with Gasteiger partial charge in [-0.05, 0) is 49.6 Å². The summed E-state index contributed by atoms with van der Waals surface area (Å²) in [4.78, 5) is 23.7. The first kappa shape index (κ1) is 28.6. The van der Waals surface area contributed by atoms with Crippen molar-refractivity contribution in [3.05, 3.63) is 71.8 Å². The molecule has 0 aliphatic carbocycles. The standard InChI is InChI=1S/C25H39N7O2/c1-6-10-20(11-8-9-12-22(33)28-4)25(24(26)31-32-27,17-18(3)30-7-2)21-15-13-19(14-16-21)23(34)29-5/h6,8-10,13-16,18,30,32H,1,7,11-12,17,27H2,2-5H3,(H2,26,31)(H,28,33)(H,29,34)/b9-8-,20-10+. The topological polar surface area (TPSA) is 147 Å². The minimum Gasteiger partial charge on any atom is -0.385 e. The van der Waals surface area contributed by atoms with Crippen LogP contribution in [0.5, 0.6) is 0 Å². The third kappa shape index (κ3) is 7.57. The fraction of sp³-hybridized carbons (Fsp3) is 0.400. The molecule has 0 fully saturated rings. The van der Waals surface area contributed by atoms with Crippen molar-refractivity contribution in [2.75, 3.05) is 20.6 Å². The number of nitrogens with two attached hydrogens (primary N) is 2. The Balaban J connectivity index is 3.70. The van der Waals surface area contributed by atoms with Gasteiger partial charge in [0.25, 0.3) is 5.91 Å². The third-order valence-electron chi connectivity index (χ3n) is 5.61. The van der Waals surface area contributed by atoms with E-state index in [-0.39, 0.29) is 30.1 Å². The maximum absolute atomic E-state index is 12.1. The molecule has 0 aliphatic heterocycles. The second-order valence-electron chi connectivity index (χ2n) is 7.83. The summed E-state index contributed by atoms with van der Waals surface area (Å²) in [5.41, 5.74) is 10.4. The predicted octanol–water partition coefficient (Wildman–Crippen LogP) is 1.60. The summed E-state index contributed by atoms with van der Waals surface area (Å²) in [5.74, 6) is 5.56. The van der Waals surface area contributed by atoms with Crippen molar-refractivity contribution in [3.8, 4) is 0 Å². The summed E-state index contributed by atoms with van der Waals surface area (Å²) in [6.45, 7) is 8.79. The van der Waals surface area contributed by atoms with E-state index in [0.29, 0.717) is 18.4 Å². The smallest absolute Gasteiger partial charge is 0.251 e. The van der Waals surface area contributed by atoms with Gasteiger partial charge in [0, 0.05) is 32.1 Å². The summed E-state index contributed by atoms with van der Waals surface area (Å²) >= 11 is 0. The normalized spacial score (nSPS) is 14.9. The number of hydrazone groups is 1. The number of hydrogen-bond acceptors (Lipinski definition) is 6. The first-order chi connectivity index (χ1) is 16.3. The Morgan fingerprint density at radius 2 is 1.79 bits per heavy atom. The highest BCUT2D eigenvalue weighted by Gasteiger charge is 2.41. The van der Waals surface area contributed by atoms with Crippen LogP contribution in [0.25, 0.3) is 0 Å². The second kappa shape index (κ2) is 14.7. The van der Waals surface area contributed by atoms with Gasteiger partial charge in [0.2, 0.25) is 5.91 Å². The van der Waals surface area contributed by atoms with E-state index < -0.39 is 5.41 Å². The first-order valence-electron chi connectivity index (χ1n) is 11.3. The number of nitrogens with zero attached hydrogens (tertiary/aromatic N) is 1. The zero-order chi connectivity index (χ0) is 25.6. The fourth-order valence-electron chi connectivity index (χ4n) is 3.98. The molecule has 2 atom stereocenters. The van der Waals surface area contributed by atoms with E-state index in [1.54, 1.807) is 32.3 Å². The van der Waals surface area contributed by atoms with Crippen molar-refractivity contribution in [1.29, 1.82) is 0 Å². The SMILES string of the molecule is C=C/C=C(\C/C=C\CC(=O)NC)C(CC(C)NCC)(/C(N)=N/NN)c1ccc(C(=O)NC)cc1. The summed E-state index contributed by atoms with van der Waals surface area (Å²) in [7, 11) is 3.19. The average Bonchev–Trinajstić information content (AvgIpc) is 2.84. The van der Waals surface area contributed by atoms with Gasteiger partial charge in [0.15, 0.2) is 0 Å². The molecule has 0 saturated carbocycles. The minimum absolute atomic E-state index is 0.0678. The maximum Gasteiger partial charge on any atom is 0.251 e. The zero-order valence-electron chi connectivity index (χ0n) is 20.7. The monoisotopic (exact) mass is 469 g/mol. The summed E-state index contributed by atoms with van der Waals surface area (Å²) < 4.78 is 0. The second-order valence-corrected chi connectivity index (χ2v) is 7.83. The lowest BCUT2D eigenvalue weighted by molar-refractivity contribution is -0.119. The zero-order valence-corrected chi connectivity index (χ0v) is 20.7. The molecule has 0 saturated heterocycles. The molecular weight excluding hydrogens is 430 g/mol. The number of hydrogen-bond donors (Lipinski definition) is 6. The van der Waals surface area contributed by atoms with E-state index in [1.807, 2.05) is 37.3 Å². The lowest BCUT2D eigenvalue weighted by atomic mass is 9.67. The van der Waals surface area contributed by atoms with Crippen molar-refractivity contribution < 1.29 is 9.59 Å². The summed E-state index contributed by atoms with van der Waals surface area (Å²) in [6, 6.07) is 7.35. The van der Waals surface area contributed by atoms with Gasteiger partial charge in [-0.2, -0.15) is 5.10 Å². The number of benzene rings is 1. The van der Waals surface area contributed by atoms with Crippen LogP contribution < -0.4 is 33.1 Å². The van der Waals surface area contributed by atoms with Crippen molar-refractivity contribution in [2.24, 2.45) is 16.7 Å². The minimum atomic E-state index is -0.860. The molecule has 1 aromatic rings. The number of carbonyl (C=O) groups excluding carboxylic acids is 2. The van der Waals surface area contributed by atoms with Crippen LogP contribution in [0.2, 0.25) is 0 Å². The molecule has 0 spiro atoms. The first-order valence-corrected chi connectivity index (χ1v) is 11.3. The van der Waals surface area contributed by atoms with E-state index in [2.05, 4.69) is 40.1 Å². The molecule has 8 N–H and O–H groups in total. The van der Waals surface area contributed by atoms with E-state index in [4.69, 9.17) is 11.6 Å². The predicted molar refractivity (Wildman–Crippen MR) is 139 cm³/mol. The quantitative estimate of drug-likeness (QED) is 0.0609. The van der Waals surface area contributed by atoms with Gasteiger partial charge in [-0.3, -0.25) is 9.59 Å². The third-order valence-corrected chi connectivity index (χ3v) is 5.61. The number of hydrazine groups is 1. The van der Waals surface area contributed by atoms with Crippen molar-refractivity contribution in [3.63, 3.8) is 0 Å².